The maximum absolute atomic E-state index is 14.4. The van der Waals surface area contributed by atoms with Gasteiger partial charge in [0.2, 0.25) is 0 Å². The lowest BCUT2D eigenvalue weighted by Crippen LogP contribution is -2.30. The summed E-state index contributed by atoms with van der Waals surface area (Å²) in [7, 11) is 0. The molecule has 0 aliphatic heterocycles. The number of aliphatic hydroxyl groups is 1. The molecule has 1 saturated carbocycles. The molecular weight excluding hydrogens is 395 g/mol. The average molecular weight is 421 g/mol. The van der Waals surface area contributed by atoms with Crippen molar-refractivity contribution in [3.05, 3.63) is 46.7 Å². The zero-order valence-corrected chi connectivity index (χ0v) is 17.4. The van der Waals surface area contributed by atoms with Crippen LogP contribution in [0.15, 0.2) is 30.3 Å². The van der Waals surface area contributed by atoms with Gasteiger partial charge in [-0.2, -0.15) is 0 Å². The highest BCUT2D eigenvalue weighted by molar-refractivity contribution is 6.31. The van der Waals surface area contributed by atoms with Crippen LogP contribution >= 0.6 is 11.6 Å². The quantitative estimate of drug-likeness (QED) is 0.554. The summed E-state index contributed by atoms with van der Waals surface area (Å²) in [6.45, 7) is 4.58. The van der Waals surface area contributed by atoms with Crippen LogP contribution in [-0.2, 0) is 0 Å². The van der Waals surface area contributed by atoms with Crippen LogP contribution in [0.25, 0.3) is 11.1 Å². The van der Waals surface area contributed by atoms with Crippen LogP contribution in [0.3, 0.4) is 0 Å². The van der Waals surface area contributed by atoms with Crippen molar-refractivity contribution in [2.24, 2.45) is 5.41 Å². The Morgan fingerprint density at radius 1 is 1.28 bits per heavy atom. The fraction of sp³-hybridized carbons (Fsp3) is 0.409. The van der Waals surface area contributed by atoms with Crippen molar-refractivity contribution in [2.75, 3.05) is 25.1 Å². The number of halogens is 2. The standard InChI is InChI=1S/C22H26ClFN2O3/c1-14-9-19(24)20(26-21(28)25-6-5-22(2)3-4-22)13-18(14)15-10-16(23)12-17(11-15)29-8-7-27/h9-13,27H,3-8H2,1-2H3,(H2,25,26,28). The lowest BCUT2D eigenvalue weighted by molar-refractivity contribution is 0.201. The second-order valence-corrected chi connectivity index (χ2v) is 8.27. The molecule has 2 aromatic carbocycles. The molecular formula is C22H26ClFN2O3. The van der Waals surface area contributed by atoms with Gasteiger partial charge in [-0.1, -0.05) is 18.5 Å². The molecule has 2 aromatic rings. The molecule has 0 unspecified atom stereocenters. The van der Waals surface area contributed by atoms with E-state index in [9.17, 15) is 9.18 Å². The second kappa shape index (κ2) is 9.01. The number of aryl methyl sites for hydroxylation is 1. The van der Waals surface area contributed by atoms with Crippen LogP contribution in [0.5, 0.6) is 5.75 Å². The molecule has 0 saturated heterocycles. The van der Waals surface area contributed by atoms with E-state index in [1.807, 2.05) is 0 Å². The number of hydrogen-bond donors (Lipinski definition) is 3. The molecule has 0 bridgehead atoms. The topological polar surface area (TPSA) is 70.6 Å². The van der Waals surface area contributed by atoms with Crippen molar-refractivity contribution in [3.8, 4) is 16.9 Å². The van der Waals surface area contributed by atoms with Gasteiger partial charge in [-0.15, -0.1) is 0 Å². The van der Waals surface area contributed by atoms with E-state index in [1.54, 1.807) is 31.2 Å². The van der Waals surface area contributed by atoms with Gasteiger partial charge in [0.15, 0.2) is 0 Å². The summed E-state index contributed by atoms with van der Waals surface area (Å²) in [5.74, 6) is 0.000403. The number of hydrogen-bond acceptors (Lipinski definition) is 3. The first-order valence-electron chi connectivity index (χ1n) is 9.69. The van der Waals surface area contributed by atoms with E-state index in [1.165, 1.54) is 18.9 Å². The van der Waals surface area contributed by atoms with Crippen molar-refractivity contribution in [1.82, 2.24) is 5.32 Å². The Morgan fingerprint density at radius 2 is 2.03 bits per heavy atom. The predicted molar refractivity (Wildman–Crippen MR) is 113 cm³/mol. The summed E-state index contributed by atoms with van der Waals surface area (Å²) >= 11 is 6.19. The van der Waals surface area contributed by atoms with E-state index < -0.39 is 11.8 Å². The van der Waals surface area contributed by atoms with Crippen LogP contribution in [0.1, 0.15) is 31.7 Å². The minimum absolute atomic E-state index is 0.0959. The molecule has 0 atom stereocenters. The SMILES string of the molecule is Cc1cc(F)c(NC(=O)NCCC2(C)CC2)cc1-c1cc(Cl)cc(OCCO)c1. The summed E-state index contributed by atoms with van der Waals surface area (Å²) in [6.07, 6.45) is 3.30. The third-order valence-corrected chi connectivity index (χ3v) is 5.44. The van der Waals surface area contributed by atoms with Crippen molar-refractivity contribution in [2.45, 2.75) is 33.1 Å². The van der Waals surface area contributed by atoms with Crippen LogP contribution in [0.2, 0.25) is 5.02 Å². The summed E-state index contributed by atoms with van der Waals surface area (Å²) in [5.41, 5.74) is 2.60. The van der Waals surface area contributed by atoms with E-state index in [0.717, 1.165) is 17.5 Å². The molecule has 2 amide bonds. The number of anilines is 1. The summed E-state index contributed by atoms with van der Waals surface area (Å²) < 4.78 is 19.9. The average Bonchev–Trinajstić information content (AvgIpc) is 3.39. The van der Waals surface area contributed by atoms with Crippen LogP contribution in [0.4, 0.5) is 14.9 Å². The Morgan fingerprint density at radius 3 is 2.72 bits per heavy atom. The highest BCUT2D eigenvalue weighted by Gasteiger charge is 2.36. The van der Waals surface area contributed by atoms with Gasteiger partial charge in [-0.3, -0.25) is 0 Å². The number of aliphatic hydroxyl groups excluding tert-OH is 1. The minimum atomic E-state index is -0.505. The molecule has 0 aromatic heterocycles. The number of urea groups is 1. The van der Waals surface area contributed by atoms with Crippen molar-refractivity contribution >= 4 is 23.3 Å². The maximum atomic E-state index is 14.4. The number of carbonyl (C=O) groups excluding carboxylic acids is 1. The van der Waals surface area contributed by atoms with Gasteiger partial charge in [-0.25, -0.2) is 9.18 Å². The lowest BCUT2D eigenvalue weighted by Gasteiger charge is -2.14. The fourth-order valence-corrected chi connectivity index (χ4v) is 3.38. The third kappa shape index (κ3) is 5.84. The molecule has 0 heterocycles. The summed E-state index contributed by atoms with van der Waals surface area (Å²) in [6, 6.07) is 7.70. The first-order valence-corrected chi connectivity index (χ1v) is 10.1. The number of nitrogens with one attached hydrogen (secondary N) is 2. The van der Waals surface area contributed by atoms with E-state index in [-0.39, 0.29) is 18.9 Å². The van der Waals surface area contributed by atoms with Crippen molar-refractivity contribution in [1.29, 1.82) is 0 Å². The normalized spacial score (nSPS) is 14.4. The number of carbonyl (C=O) groups is 1. The maximum Gasteiger partial charge on any atom is 0.319 e. The van der Waals surface area contributed by atoms with Gasteiger partial charge >= 0.3 is 6.03 Å². The van der Waals surface area contributed by atoms with Crippen LogP contribution < -0.4 is 15.4 Å². The Bertz CT molecular complexity index is 900. The minimum Gasteiger partial charge on any atom is -0.491 e. The molecule has 0 radical (unpaired) electrons. The number of rotatable bonds is 8. The summed E-state index contributed by atoms with van der Waals surface area (Å²) in [5, 5.41) is 14.8. The zero-order valence-electron chi connectivity index (χ0n) is 16.6. The number of benzene rings is 2. The fourth-order valence-electron chi connectivity index (χ4n) is 3.15. The molecule has 156 valence electrons. The molecule has 3 N–H and O–H groups in total. The van der Waals surface area contributed by atoms with Crippen LogP contribution in [0, 0.1) is 18.2 Å². The second-order valence-electron chi connectivity index (χ2n) is 7.84. The lowest BCUT2D eigenvalue weighted by atomic mass is 9.99. The van der Waals surface area contributed by atoms with Gasteiger partial charge in [0.05, 0.1) is 12.3 Å². The largest absolute Gasteiger partial charge is 0.491 e. The molecule has 0 spiro atoms. The first-order chi connectivity index (χ1) is 13.8. The Kier molecular flexibility index (Phi) is 6.65. The molecule has 7 heteroatoms. The Labute approximate surface area is 175 Å². The number of ether oxygens (including phenoxy) is 1. The molecule has 1 fully saturated rings. The molecule has 5 nitrogen and oxygen atoms in total. The molecule has 29 heavy (non-hydrogen) atoms. The van der Waals surface area contributed by atoms with E-state index in [0.29, 0.717) is 28.3 Å². The predicted octanol–water partition coefficient (Wildman–Crippen LogP) is 5.14. The van der Waals surface area contributed by atoms with E-state index >= 15 is 0 Å². The van der Waals surface area contributed by atoms with Crippen LogP contribution in [-0.4, -0.2) is 30.9 Å². The summed E-state index contributed by atoms with van der Waals surface area (Å²) in [4.78, 5) is 12.2. The molecule has 3 rings (SSSR count). The highest BCUT2D eigenvalue weighted by atomic mass is 35.5. The smallest absolute Gasteiger partial charge is 0.319 e. The molecule has 1 aliphatic carbocycles. The van der Waals surface area contributed by atoms with Crippen molar-refractivity contribution < 1.29 is 19.0 Å². The van der Waals surface area contributed by atoms with Gasteiger partial charge < -0.3 is 20.5 Å². The Balaban J connectivity index is 1.76. The van der Waals surface area contributed by atoms with E-state index in [2.05, 4.69) is 17.6 Å². The Hall–Kier alpha value is -2.31. The van der Waals surface area contributed by atoms with Gasteiger partial charge in [0, 0.05) is 11.6 Å². The van der Waals surface area contributed by atoms with Gasteiger partial charge in [-0.05, 0) is 78.6 Å². The number of amides is 2. The van der Waals surface area contributed by atoms with Gasteiger partial charge in [0.1, 0.15) is 18.2 Å². The molecule has 1 aliphatic rings. The van der Waals surface area contributed by atoms with E-state index in [4.69, 9.17) is 21.4 Å². The highest BCUT2D eigenvalue weighted by Crippen LogP contribution is 2.47. The van der Waals surface area contributed by atoms with Gasteiger partial charge in [0.25, 0.3) is 0 Å². The monoisotopic (exact) mass is 420 g/mol. The first kappa shape index (κ1) is 21.4. The van der Waals surface area contributed by atoms with Crippen molar-refractivity contribution in [3.63, 3.8) is 0 Å². The zero-order chi connectivity index (χ0) is 21.0. The third-order valence-electron chi connectivity index (χ3n) is 5.22.